The van der Waals surface area contributed by atoms with Crippen molar-refractivity contribution in [1.29, 1.82) is 0 Å². The third-order valence-corrected chi connectivity index (χ3v) is 6.83. The molecule has 4 aromatic carbocycles. The lowest BCUT2D eigenvalue weighted by Gasteiger charge is -2.19. The number of carbonyl (C=O) groups excluding carboxylic acids is 2. The maximum Gasteiger partial charge on any atom is 0.255 e. The van der Waals surface area contributed by atoms with Crippen molar-refractivity contribution in [3.63, 3.8) is 0 Å². The van der Waals surface area contributed by atoms with E-state index >= 15 is 0 Å². The summed E-state index contributed by atoms with van der Waals surface area (Å²) in [6, 6.07) is 32.8. The summed E-state index contributed by atoms with van der Waals surface area (Å²) in [6.07, 6.45) is 0.881. The molecule has 6 rings (SSSR count). The van der Waals surface area contributed by atoms with Gasteiger partial charge in [0.2, 0.25) is 5.91 Å². The van der Waals surface area contributed by atoms with Crippen LogP contribution in [0.5, 0.6) is 0 Å². The van der Waals surface area contributed by atoms with Crippen molar-refractivity contribution < 1.29 is 9.59 Å². The molecule has 6 heteroatoms. The summed E-state index contributed by atoms with van der Waals surface area (Å²) in [5.41, 5.74) is 6.88. The van der Waals surface area contributed by atoms with Gasteiger partial charge in [-0.3, -0.25) is 9.59 Å². The van der Waals surface area contributed by atoms with Crippen molar-refractivity contribution >= 4 is 40.3 Å². The number of fused-ring (bicyclic) bond motifs is 1. The van der Waals surface area contributed by atoms with Crippen LogP contribution >= 0.6 is 0 Å². The van der Waals surface area contributed by atoms with Crippen LogP contribution in [0.3, 0.4) is 0 Å². The van der Waals surface area contributed by atoms with E-state index in [2.05, 4.69) is 28.1 Å². The van der Waals surface area contributed by atoms with Crippen LogP contribution in [0.1, 0.15) is 33.8 Å². The van der Waals surface area contributed by atoms with Crippen LogP contribution in [0.25, 0.3) is 0 Å². The molecule has 37 heavy (non-hydrogen) atoms. The molecule has 1 fully saturated rings. The number of anilines is 3. The number of hydrogen-bond acceptors (Lipinski definition) is 4. The summed E-state index contributed by atoms with van der Waals surface area (Å²) in [4.78, 5) is 30.1. The van der Waals surface area contributed by atoms with Crippen LogP contribution in [0, 0.1) is 5.92 Å². The lowest BCUT2D eigenvalue weighted by molar-refractivity contribution is -0.117. The van der Waals surface area contributed by atoms with E-state index in [1.54, 1.807) is 12.1 Å². The van der Waals surface area contributed by atoms with Crippen LogP contribution in [0.2, 0.25) is 0 Å². The number of benzene rings is 4. The van der Waals surface area contributed by atoms with Gasteiger partial charge in [-0.25, -0.2) is 4.99 Å². The van der Waals surface area contributed by atoms with Gasteiger partial charge in [0.1, 0.15) is 0 Å². The van der Waals surface area contributed by atoms with Gasteiger partial charge < -0.3 is 16.0 Å². The highest BCUT2D eigenvalue weighted by molar-refractivity contribution is 6.08. The Labute approximate surface area is 215 Å². The molecule has 1 saturated carbocycles. The highest BCUT2D eigenvalue weighted by Crippen LogP contribution is 2.48. The molecule has 0 bridgehead atoms. The zero-order valence-corrected chi connectivity index (χ0v) is 20.1. The fourth-order valence-electron chi connectivity index (χ4n) is 4.71. The van der Waals surface area contributed by atoms with Gasteiger partial charge >= 0.3 is 0 Å². The number of hydrogen-bond donors (Lipinski definition) is 3. The molecule has 1 heterocycles. The standard InChI is InChI=1S/C31H26N4O2/c36-30(22-9-5-2-6-10-22)33-23-13-11-21(12-14-23)29-19-32-27-16-15-24(17-28(27)35-29)34-31(37)26-18-25(26)20-7-3-1-4-8-20/h1-17,25-26,32H,18-19H2,(H,33,36)(H,34,37). The largest absolute Gasteiger partial charge is 0.378 e. The number of nitrogens with one attached hydrogen (secondary N) is 3. The zero-order chi connectivity index (χ0) is 25.2. The Hall–Kier alpha value is -4.71. The lowest BCUT2D eigenvalue weighted by Crippen LogP contribution is -2.19. The SMILES string of the molecule is O=C(Nc1ccc(C2=Nc3cc(NC(=O)C4CC4c4ccccc4)ccc3NC2)cc1)c1ccccc1. The van der Waals surface area contributed by atoms with Crippen molar-refractivity contribution in [1.82, 2.24) is 0 Å². The van der Waals surface area contributed by atoms with E-state index in [1.807, 2.05) is 78.9 Å². The molecule has 4 aromatic rings. The summed E-state index contributed by atoms with van der Waals surface area (Å²) in [5, 5.41) is 9.40. The molecule has 3 N–H and O–H groups in total. The fourth-order valence-corrected chi connectivity index (χ4v) is 4.71. The average Bonchev–Trinajstić information content (AvgIpc) is 3.76. The van der Waals surface area contributed by atoms with Gasteiger partial charge in [-0.15, -0.1) is 0 Å². The first-order chi connectivity index (χ1) is 18.1. The van der Waals surface area contributed by atoms with Crippen LogP contribution in [-0.4, -0.2) is 24.1 Å². The molecule has 0 aromatic heterocycles. The Balaban J connectivity index is 1.13. The summed E-state index contributed by atoms with van der Waals surface area (Å²) >= 11 is 0. The highest BCUT2D eigenvalue weighted by atomic mass is 16.2. The third-order valence-electron chi connectivity index (χ3n) is 6.83. The van der Waals surface area contributed by atoms with Crippen LogP contribution < -0.4 is 16.0 Å². The minimum atomic E-state index is -0.144. The number of amides is 2. The molecule has 2 unspecified atom stereocenters. The number of aliphatic imine (C=N–C) groups is 1. The molecule has 2 atom stereocenters. The topological polar surface area (TPSA) is 82.6 Å². The minimum Gasteiger partial charge on any atom is -0.378 e. The molecule has 0 saturated heterocycles. The van der Waals surface area contributed by atoms with Gasteiger partial charge in [-0.05, 0) is 65.9 Å². The van der Waals surface area contributed by atoms with Crippen molar-refractivity contribution in [2.75, 3.05) is 22.5 Å². The molecule has 2 amide bonds. The monoisotopic (exact) mass is 486 g/mol. The van der Waals surface area contributed by atoms with E-state index in [-0.39, 0.29) is 17.7 Å². The Morgan fingerprint density at radius 1 is 0.784 bits per heavy atom. The summed E-state index contributed by atoms with van der Waals surface area (Å²) < 4.78 is 0. The first-order valence-electron chi connectivity index (χ1n) is 12.4. The maximum atomic E-state index is 12.8. The second-order valence-electron chi connectivity index (χ2n) is 9.39. The van der Waals surface area contributed by atoms with Crippen LogP contribution in [0.4, 0.5) is 22.7 Å². The second kappa shape index (κ2) is 9.74. The molecule has 1 aliphatic carbocycles. The van der Waals surface area contributed by atoms with Gasteiger partial charge in [0.05, 0.1) is 23.6 Å². The van der Waals surface area contributed by atoms with E-state index in [9.17, 15) is 9.59 Å². The quantitative estimate of drug-likeness (QED) is 0.302. The molecular weight excluding hydrogens is 460 g/mol. The predicted octanol–water partition coefficient (Wildman–Crippen LogP) is 6.23. The van der Waals surface area contributed by atoms with E-state index in [4.69, 9.17) is 4.99 Å². The highest BCUT2D eigenvalue weighted by Gasteiger charge is 2.43. The molecule has 2 aliphatic rings. The zero-order valence-electron chi connectivity index (χ0n) is 20.1. The molecule has 0 spiro atoms. The van der Waals surface area contributed by atoms with E-state index in [1.165, 1.54) is 5.56 Å². The first-order valence-corrected chi connectivity index (χ1v) is 12.4. The minimum absolute atomic E-state index is 0.0107. The smallest absolute Gasteiger partial charge is 0.255 e. The predicted molar refractivity (Wildman–Crippen MR) is 148 cm³/mol. The Morgan fingerprint density at radius 3 is 2.24 bits per heavy atom. The van der Waals surface area contributed by atoms with Crippen molar-refractivity contribution in [3.05, 3.63) is 120 Å². The van der Waals surface area contributed by atoms with Gasteiger partial charge in [0.25, 0.3) is 5.91 Å². The number of carbonyl (C=O) groups is 2. The van der Waals surface area contributed by atoms with E-state index in [0.29, 0.717) is 18.0 Å². The molecule has 1 aliphatic heterocycles. The average molecular weight is 487 g/mol. The Morgan fingerprint density at radius 2 is 1.49 bits per heavy atom. The van der Waals surface area contributed by atoms with Crippen molar-refractivity contribution in [2.45, 2.75) is 12.3 Å². The fraction of sp³-hybridized carbons (Fsp3) is 0.129. The second-order valence-corrected chi connectivity index (χ2v) is 9.39. The molecule has 182 valence electrons. The van der Waals surface area contributed by atoms with Gasteiger partial charge in [0.15, 0.2) is 0 Å². The first kappa shape index (κ1) is 22.7. The third kappa shape index (κ3) is 5.00. The molecule has 0 radical (unpaired) electrons. The molecule has 6 nitrogen and oxygen atoms in total. The maximum absolute atomic E-state index is 12.8. The van der Waals surface area contributed by atoms with Crippen LogP contribution in [0.15, 0.2) is 108 Å². The number of rotatable bonds is 6. The summed E-state index contributed by atoms with van der Waals surface area (Å²) in [5.74, 6) is 0.215. The Kier molecular flexibility index (Phi) is 5.98. The Bertz CT molecular complexity index is 1480. The van der Waals surface area contributed by atoms with Crippen molar-refractivity contribution in [3.8, 4) is 0 Å². The van der Waals surface area contributed by atoms with Crippen LogP contribution in [-0.2, 0) is 4.79 Å². The van der Waals surface area contributed by atoms with Crippen molar-refractivity contribution in [2.24, 2.45) is 10.9 Å². The van der Waals surface area contributed by atoms with Gasteiger partial charge in [-0.1, -0.05) is 60.7 Å². The normalized spacial score (nSPS) is 17.6. The summed E-state index contributed by atoms with van der Waals surface area (Å²) in [6.45, 7) is 0.593. The van der Waals surface area contributed by atoms with E-state index < -0.39 is 0 Å². The van der Waals surface area contributed by atoms with Gasteiger partial charge in [0, 0.05) is 22.9 Å². The lowest BCUT2D eigenvalue weighted by atomic mass is 10.1. The van der Waals surface area contributed by atoms with E-state index in [0.717, 1.165) is 40.4 Å². The number of nitrogens with zero attached hydrogens (tertiary/aromatic N) is 1. The van der Waals surface area contributed by atoms with Gasteiger partial charge in [-0.2, -0.15) is 0 Å². The molecular formula is C31H26N4O2. The summed E-state index contributed by atoms with van der Waals surface area (Å²) in [7, 11) is 0.